The number of aromatic nitrogens is 1. The Morgan fingerprint density at radius 2 is 1.84 bits per heavy atom. The molecule has 0 spiro atoms. The van der Waals surface area contributed by atoms with Gasteiger partial charge in [-0.2, -0.15) is 0 Å². The summed E-state index contributed by atoms with van der Waals surface area (Å²) in [6.45, 7) is 2.50. The number of rotatable bonds is 7. The van der Waals surface area contributed by atoms with Crippen LogP contribution in [0.1, 0.15) is 36.8 Å². The van der Waals surface area contributed by atoms with Gasteiger partial charge in [-0.1, -0.05) is 48.5 Å². The quantitative estimate of drug-likeness (QED) is 0.618. The van der Waals surface area contributed by atoms with Gasteiger partial charge in [-0.15, -0.1) is 0 Å². The first-order valence-electron chi connectivity index (χ1n) is 8.78. The Kier molecular flexibility index (Phi) is 5.51. The first-order valence-corrected chi connectivity index (χ1v) is 8.78. The van der Waals surface area contributed by atoms with Gasteiger partial charge >= 0.3 is 0 Å². The third-order valence-electron chi connectivity index (χ3n) is 4.53. The summed E-state index contributed by atoms with van der Waals surface area (Å²) >= 11 is 0. The zero-order valence-corrected chi connectivity index (χ0v) is 14.5. The Morgan fingerprint density at radius 3 is 2.60 bits per heavy atom. The van der Waals surface area contributed by atoms with Crippen molar-refractivity contribution in [3.05, 3.63) is 71.9 Å². The Labute approximate surface area is 148 Å². The standard InChI is InChI=1S/C21H25N3O/c1-15(22)11-12-21(25)24-13-18(16-7-3-2-4-8-16)19-14-23-20-10-6-5-9-17(19)20/h2-10,14-15,18,23H,11-13,22H2,1H3,(H,24,25). The molecule has 2 aromatic carbocycles. The number of carbonyl (C=O) groups excluding carboxylic acids is 1. The average molecular weight is 335 g/mol. The van der Waals surface area contributed by atoms with E-state index >= 15 is 0 Å². The molecule has 3 rings (SSSR count). The second-order valence-corrected chi connectivity index (χ2v) is 6.57. The fraction of sp³-hybridized carbons (Fsp3) is 0.286. The molecular weight excluding hydrogens is 310 g/mol. The third-order valence-corrected chi connectivity index (χ3v) is 4.53. The van der Waals surface area contributed by atoms with Crippen molar-refractivity contribution in [2.75, 3.05) is 6.54 Å². The molecule has 0 saturated heterocycles. The smallest absolute Gasteiger partial charge is 0.220 e. The van der Waals surface area contributed by atoms with Crippen molar-refractivity contribution in [3.8, 4) is 0 Å². The number of amides is 1. The molecule has 1 heterocycles. The third kappa shape index (κ3) is 4.28. The molecule has 2 atom stereocenters. The van der Waals surface area contributed by atoms with Crippen LogP contribution in [0, 0.1) is 0 Å². The maximum absolute atomic E-state index is 12.1. The minimum Gasteiger partial charge on any atom is -0.361 e. The van der Waals surface area contributed by atoms with Crippen LogP contribution in [0.2, 0.25) is 0 Å². The Morgan fingerprint density at radius 1 is 1.12 bits per heavy atom. The van der Waals surface area contributed by atoms with Crippen LogP contribution in [-0.2, 0) is 4.79 Å². The van der Waals surface area contributed by atoms with E-state index in [2.05, 4.69) is 40.8 Å². The van der Waals surface area contributed by atoms with E-state index in [1.807, 2.05) is 37.3 Å². The molecule has 2 unspecified atom stereocenters. The number of nitrogens with two attached hydrogens (primary N) is 1. The second-order valence-electron chi connectivity index (χ2n) is 6.57. The molecule has 0 aliphatic heterocycles. The minimum absolute atomic E-state index is 0.0456. The molecule has 0 bridgehead atoms. The lowest BCUT2D eigenvalue weighted by Gasteiger charge is -2.18. The van der Waals surface area contributed by atoms with Gasteiger partial charge in [-0.05, 0) is 30.5 Å². The summed E-state index contributed by atoms with van der Waals surface area (Å²) in [4.78, 5) is 15.5. The number of benzene rings is 2. The molecule has 4 N–H and O–H groups in total. The van der Waals surface area contributed by atoms with E-state index in [0.29, 0.717) is 19.4 Å². The van der Waals surface area contributed by atoms with Crippen molar-refractivity contribution in [2.45, 2.75) is 31.7 Å². The van der Waals surface area contributed by atoms with E-state index in [0.717, 1.165) is 5.52 Å². The molecule has 130 valence electrons. The average Bonchev–Trinajstić information content (AvgIpc) is 3.05. The van der Waals surface area contributed by atoms with Crippen LogP contribution in [-0.4, -0.2) is 23.5 Å². The number of hydrogen-bond donors (Lipinski definition) is 3. The van der Waals surface area contributed by atoms with E-state index in [9.17, 15) is 4.79 Å². The molecule has 0 saturated carbocycles. The second kappa shape index (κ2) is 7.99. The molecule has 0 aliphatic rings. The minimum atomic E-state index is 0.0456. The SMILES string of the molecule is CC(N)CCC(=O)NCC(c1ccccc1)c1c[nH]c2ccccc12. The number of para-hydroxylation sites is 1. The van der Waals surface area contributed by atoms with E-state index < -0.39 is 0 Å². The van der Waals surface area contributed by atoms with Crippen molar-refractivity contribution in [1.82, 2.24) is 10.3 Å². The summed E-state index contributed by atoms with van der Waals surface area (Å²) in [6.07, 6.45) is 3.22. The molecule has 0 fully saturated rings. The molecule has 1 aromatic heterocycles. The van der Waals surface area contributed by atoms with Crippen LogP contribution in [0.4, 0.5) is 0 Å². The molecule has 3 aromatic rings. The molecule has 1 amide bonds. The van der Waals surface area contributed by atoms with Gasteiger partial charge in [0.1, 0.15) is 0 Å². The highest BCUT2D eigenvalue weighted by atomic mass is 16.1. The summed E-state index contributed by atoms with van der Waals surface area (Å²) in [5.74, 6) is 0.162. The van der Waals surface area contributed by atoms with Gasteiger partial charge in [0.05, 0.1) is 0 Å². The van der Waals surface area contributed by atoms with Gasteiger partial charge in [0.2, 0.25) is 5.91 Å². The fourth-order valence-electron chi connectivity index (χ4n) is 3.14. The van der Waals surface area contributed by atoms with Crippen LogP contribution in [0.5, 0.6) is 0 Å². The van der Waals surface area contributed by atoms with E-state index in [4.69, 9.17) is 5.73 Å². The van der Waals surface area contributed by atoms with Crippen LogP contribution in [0.15, 0.2) is 60.8 Å². The molecule has 4 nitrogen and oxygen atoms in total. The van der Waals surface area contributed by atoms with E-state index in [-0.39, 0.29) is 17.9 Å². The van der Waals surface area contributed by atoms with E-state index in [1.165, 1.54) is 16.5 Å². The topological polar surface area (TPSA) is 70.9 Å². The summed E-state index contributed by atoms with van der Waals surface area (Å²) in [5, 5.41) is 4.28. The van der Waals surface area contributed by atoms with Gasteiger partial charge in [0.15, 0.2) is 0 Å². The Bertz CT molecular complexity index is 823. The predicted molar refractivity (Wildman–Crippen MR) is 102 cm³/mol. The number of carbonyl (C=O) groups is 1. The largest absolute Gasteiger partial charge is 0.361 e. The fourth-order valence-corrected chi connectivity index (χ4v) is 3.14. The molecule has 0 aliphatic carbocycles. The molecule has 4 heteroatoms. The first kappa shape index (κ1) is 17.2. The molecule has 0 radical (unpaired) electrons. The molecular formula is C21H25N3O. The summed E-state index contributed by atoms with van der Waals surface area (Å²) < 4.78 is 0. The zero-order chi connectivity index (χ0) is 17.6. The van der Waals surface area contributed by atoms with Gasteiger partial charge in [-0.3, -0.25) is 4.79 Å². The molecule has 25 heavy (non-hydrogen) atoms. The number of nitrogens with one attached hydrogen (secondary N) is 2. The lowest BCUT2D eigenvalue weighted by atomic mass is 9.91. The maximum Gasteiger partial charge on any atom is 0.220 e. The highest BCUT2D eigenvalue weighted by Crippen LogP contribution is 2.30. The number of hydrogen-bond acceptors (Lipinski definition) is 2. The van der Waals surface area contributed by atoms with Crippen molar-refractivity contribution in [3.63, 3.8) is 0 Å². The number of H-pyrrole nitrogens is 1. The lowest BCUT2D eigenvalue weighted by molar-refractivity contribution is -0.121. The normalized spacial score (nSPS) is 13.5. The van der Waals surface area contributed by atoms with Crippen molar-refractivity contribution in [2.24, 2.45) is 5.73 Å². The summed E-state index contributed by atoms with van der Waals surface area (Å²) in [7, 11) is 0. The van der Waals surface area contributed by atoms with E-state index in [1.54, 1.807) is 0 Å². The number of aromatic amines is 1. The van der Waals surface area contributed by atoms with Crippen LogP contribution in [0.25, 0.3) is 10.9 Å². The maximum atomic E-state index is 12.1. The summed E-state index contributed by atoms with van der Waals surface area (Å²) in [5.41, 5.74) is 9.25. The van der Waals surface area contributed by atoms with Gasteiger partial charge in [0, 0.05) is 42.0 Å². The zero-order valence-electron chi connectivity index (χ0n) is 14.5. The van der Waals surface area contributed by atoms with Crippen molar-refractivity contribution in [1.29, 1.82) is 0 Å². The van der Waals surface area contributed by atoms with Crippen molar-refractivity contribution < 1.29 is 4.79 Å². The lowest BCUT2D eigenvalue weighted by Crippen LogP contribution is -2.30. The predicted octanol–water partition coefficient (Wildman–Crippen LogP) is 3.54. The highest BCUT2D eigenvalue weighted by molar-refractivity contribution is 5.84. The van der Waals surface area contributed by atoms with Crippen molar-refractivity contribution >= 4 is 16.8 Å². The van der Waals surface area contributed by atoms with Crippen LogP contribution >= 0.6 is 0 Å². The van der Waals surface area contributed by atoms with Gasteiger partial charge in [-0.25, -0.2) is 0 Å². The summed E-state index contributed by atoms with van der Waals surface area (Å²) in [6, 6.07) is 18.6. The van der Waals surface area contributed by atoms with Crippen LogP contribution < -0.4 is 11.1 Å². The highest BCUT2D eigenvalue weighted by Gasteiger charge is 2.18. The number of fused-ring (bicyclic) bond motifs is 1. The first-order chi connectivity index (χ1) is 12.1. The van der Waals surface area contributed by atoms with Crippen LogP contribution in [0.3, 0.4) is 0 Å². The van der Waals surface area contributed by atoms with Gasteiger partial charge < -0.3 is 16.0 Å². The monoisotopic (exact) mass is 335 g/mol. The van der Waals surface area contributed by atoms with Gasteiger partial charge in [0.25, 0.3) is 0 Å². The Balaban J connectivity index is 1.83. The Hall–Kier alpha value is -2.59.